The molecule has 27 heavy (non-hydrogen) atoms. The Morgan fingerprint density at radius 2 is 1.96 bits per heavy atom. The van der Waals surface area contributed by atoms with Gasteiger partial charge < -0.3 is 10.1 Å². The van der Waals surface area contributed by atoms with Crippen molar-refractivity contribution in [1.29, 1.82) is 0 Å². The second kappa shape index (κ2) is 8.43. The lowest BCUT2D eigenvalue weighted by Crippen LogP contribution is -2.25. The molecule has 0 aliphatic carbocycles. The predicted molar refractivity (Wildman–Crippen MR) is 107 cm³/mol. The number of hydrogen-bond donors (Lipinski definition) is 1. The monoisotopic (exact) mass is 388 g/mol. The molecule has 0 radical (unpaired) electrons. The lowest BCUT2D eigenvalue weighted by Gasteiger charge is -2.19. The van der Waals surface area contributed by atoms with Gasteiger partial charge in [-0.2, -0.15) is 0 Å². The Morgan fingerprint density at radius 3 is 2.67 bits per heavy atom. The summed E-state index contributed by atoms with van der Waals surface area (Å²) in [5, 5.41) is 2.88. The molecule has 0 spiro atoms. The van der Waals surface area contributed by atoms with Gasteiger partial charge in [-0.3, -0.25) is 9.10 Å². The van der Waals surface area contributed by atoms with Crippen LogP contribution in [-0.4, -0.2) is 33.2 Å². The lowest BCUT2D eigenvalue weighted by atomic mass is 10.1. The summed E-state index contributed by atoms with van der Waals surface area (Å²) >= 11 is 0. The van der Waals surface area contributed by atoms with Crippen LogP contribution in [-0.2, 0) is 14.8 Å². The molecule has 1 aliphatic heterocycles. The molecule has 1 amide bonds. The molecule has 6 nitrogen and oxygen atoms in total. The maximum Gasteiger partial charge on any atom is 0.235 e. The summed E-state index contributed by atoms with van der Waals surface area (Å²) in [6.07, 6.45) is 1.55. The van der Waals surface area contributed by atoms with E-state index in [4.69, 9.17) is 4.74 Å². The van der Waals surface area contributed by atoms with Crippen molar-refractivity contribution in [2.24, 2.45) is 0 Å². The topological polar surface area (TPSA) is 75.7 Å². The van der Waals surface area contributed by atoms with Crippen molar-refractivity contribution < 1.29 is 17.9 Å². The van der Waals surface area contributed by atoms with Gasteiger partial charge in [0.05, 0.1) is 18.0 Å². The van der Waals surface area contributed by atoms with Gasteiger partial charge in [0, 0.05) is 18.7 Å². The Hall–Kier alpha value is -2.54. The Labute approximate surface area is 160 Å². The van der Waals surface area contributed by atoms with Gasteiger partial charge in [0.25, 0.3) is 0 Å². The number of para-hydroxylation sites is 1. The van der Waals surface area contributed by atoms with Crippen LogP contribution in [0, 0.1) is 6.92 Å². The van der Waals surface area contributed by atoms with Crippen LogP contribution >= 0.6 is 0 Å². The molecule has 1 heterocycles. The van der Waals surface area contributed by atoms with Gasteiger partial charge >= 0.3 is 0 Å². The molecule has 1 N–H and O–H groups in total. The molecule has 2 aromatic carbocycles. The average molecular weight is 388 g/mol. The number of sulfonamides is 1. The van der Waals surface area contributed by atoms with E-state index in [9.17, 15) is 13.2 Å². The van der Waals surface area contributed by atoms with E-state index >= 15 is 0 Å². The highest BCUT2D eigenvalue weighted by atomic mass is 32.2. The summed E-state index contributed by atoms with van der Waals surface area (Å²) < 4.78 is 31.2. The zero-order chi connectivity index (χ0) is 19.3. The van der Waals surface area contributed by atoms with Crippen molar-refractivity contribution >= 4 is 27.3 Å². The van der Waals surface area contributed by atoms with Crippen LogP contribution < -0.4 is 14.4 Å². The molecule has 7 heteroatoms. The summed E-state index contributed by atoms with van der Waals surface area (Å²) in [4.78, 5) is 12.2. The second-order valence-electron chi connectivity index (χ2n) is 6.55. The average Bonchev–Trinajstić information content (AvgIpc) is 3.01. The maximum absolute atomic E-state index is 12.2. The quantitative estimate of drug-likeness (QED) is 0.738. The summed E-state index contributed by atoms with van der Waals surface area (Å²) in [6, 6.07) is 14.8. The van der Waals surface area contributed by atoms with Crippen LogP contribution in [0.4, 0.5) is 11.4 Å². The van der Waals surface area contributed by atoms with Crippen molar-refractivity contribution in [2.75, 3.05) is 28.5 Å². The zero-order valence-corrected chi connectivity index (χ0v) is 16.2. The first-order valence-electron chi connectivity index (χ1n) is 9.04. The van der Waals surface area contributed by atoms with Gasteiger partial charge in [0.15, 0.2) is 0 Å². The van der Waals surface area contributed by atoms with Gasteiger partial charge in [0.2, 0.25) is 15.9 Å². The fraction of sp³-hybridized carbons (Fsp3) is 0.350. The Morgan fingerprint density at radius 1 is 1.19 bits per heavy atom. The van der Waals surface area contributed by atoms with E-state index in [1.807, 2.05) is 43.3 Å². The van der Waals surface area contributed by atoms with Crippen LogP contribution in [0.15, 0.2) is 48.5 Å². The van der Waals surface area contributed by atoms with E-state index in [2.05, 4.69) is 5.32 Å². The number of aryl methyl sites for hydroxylation is 1. The summed E-state index contributed by atoms with van der Waals surface area (Å²) in [6.45, 7) is 2.83. The normalized spacial score (nSPS) is 15.5. The summed E-state index contributed by atoms with van der Waals surface area (Å²) in [5.74, 6) is 0.841. The van der Waals surface area contributed by atoms with Crippen LogP contribution in [0.2, 0.25) is 0 Å². The third kappa shape index (κ3) is 5.01. The minimum atomic E-state index is -3.24. The van der Waals surface area contributed by atoms with Crippen molar-refractivity contribution in [3.05, 3.63) is 54.1 Å². The van der Waals surface area contributed by atoms with Gasteiger partial charge in [-0.1, -0.05) is 24.3 Å². The van der Waals surface area contributed by atoms with Crippen molar-refractivity contribution in [3.8, 4) is 5.75 Å². The third-order valence-electron chi connectivity index (χ3n) is 4.44. The molecule has 2 aromatic rings. The lowest BCUT2D eigenvalue weighted by molar-refractivity contribution is -0.116. The van der Waals surface area contributed by atoms with Crippen LogP contribution in [0.25, 0.3) is 0 Å². The fourth-order valence-corrected chi connectivity index (χ4v) is 4.54. The first-order chi connectivity index (χ1) is 13.0. The van der Waals surface area contributed by atoms with E-state index in [1.165, 1.54) is 4.31 Å². The first-order valence-corrected chi connectivity index (χ1v) is 10.7. The van der Waals surface area contributed by atoms with E-state index in [0.717, 1.165) is 11.3 Å². The molecule has 0 atom stereocenters. The molecule has 0 bridgehead atoms. The highest BCUT2D eigenvalue weighted by Gasteiger charge is 2.28. The van der Waals surface area contributed by atoms with Crippen molar-refractivity contribution in [2.45, 2.75) is 26.2 Å². The molecule has 3 rings (SSSR count). The third-order valence-corrected chi connectivity index (χ3v) is 6.31. The predicted octanol–water partition coefficient (Wildman–Crippen LogP) is 3.33. The number of rotatable bonds is 7. The van der Waals surface area contributed by atoms with Crippen LogP contribution in [0.5, 0.6) is 5.75 Å². The fourth-order valence-electron chi connectivity index (χ4n) is 2.98. The van der Waals surface area contributed by atoms with E-state index < -0.39 is 10.0 Å². The van der Waals surface area contributed by atoms with Crippen molar-refractivity contribution in [3.63, 3.8) is 0 Å². The number of benzene rings is 2. The molecule has 144 valence electrons. The maximum atomic E-state index is 12.2. The molecular formula is C20H24N2O4S. The Bertz CT molecular complexity index is 897. The van der Waals surface area contributed by atoms with Gasteiger partial charge in [-0.15, -0.1) is 0 Å². The molecule has 0 saturated carbocycles. The van der Waals surface area contributed by atoms with Gasteiger partial charge in [0.1, 0.15) is 5.75 Å². The van der Waals surface area contributed by atoms with E-state index in [1.54, 1.807) is 12.1 Å². The van der Waals surface area contributed by atoms with Crippen molar-refractivity contribution in [1.82, 2.24) is 0 Å². The summed E-state index contributed by atoms with van der Waals surface area (Å²) in [7, 11) is -3.24. The van der Waals surface area contributed by atoms with Crippen LogP contribution in [0.3, 0.4) is 0 Å². The molecule has 1 aliphatic rings. The molecule has 0 aromatic heterocycles. The number of carbonyl (C=O) groups excluding carboxylic acids is 1. The number of nitrogens with zero attached hydrogens (tertiary/aromatic N) is 1. The Balaban J connectivity index is 1.55. The Kier molecular flexibility index (Phi) is 6.01. The number of hydrogen-bond acceptors (Lipinski definition) is 4. The van der Waals surface area contributed by atoms with E-state index in [-0.39, 0.29) is 11.7 Å². The standard InChI is InChI=1S/C20H24N2O4S/c1-16-10-11-17(22-12-6-14-27(22,24)25)15-19(16)21-20(23)9-5-13-26-18-7-3-2-4-8-18/h2-4,7-8,10-11,15H,5-6,9,12-14H2,1H3,(H,21,23). The smallest absolute Gasteiger partial charge is 0.235 e. The minimum absolute atomic E-state index is 0.115. The van der Waals surface area contributed by atoms with E-state index in [0.29, 0.717) is 43.8 Å². The largest absolute Gasteiger partial charge is 0.494 e. The SMILES string of the molecule is Cc1ccc(N2CCCS2(=O)=O)cc1NC(=O)CCCOc1ccccc1. The highest BCUT2D eigenvalue weighted by Crippen LogP contribution is 2.28. The summed E-state index contributed by atoms with van der Waals surface area (Å²) in [5.41, 5.74) is 2.13. The molecule has 0 unspecified atom stereocenters. The van der Waals surface area contributed by atoms with Gasteiger partial charge in [-0.05, 0) is 49.6 Å². The molecule has 1 fully saturated rings. The zero-order valence-electron chi connectivity index (χ0n) is 15.3. The number of ether oxygens (including phenoxy) is 1. The van der Waals surface area contributed by atoms with Gasteiger partial charge in [-0.25, -0.2) is 8.42 Å². The first kappa shape index (κ1) is 19.2. The number of amides is 1. The number of nitrogens with one attached hydrogen (secondary N) is 1. The second-order valence-corrected chi connectivity index (χ2v) is 8.57. The van der Waals surface area contributed by atoms with Crippen LogP contribution in [0.1, 0.15) is 24.8 Å². The number of anilines is 2. The number of carbonyl (C=O) groups is 1. The molecular weight excluding hydrogens is 364 g/mol. The minimum Gasteiger partial charge on any atom is -0.494 e. The molecule has 1 saturated heterocycles. The highest BCUT2D eigenvalue weighted by molar-refractivity contribution is 7.93.